The summed E-state index contributed by atoms with van der Waals surface area (Å²) < 4.78 is 5.70. The number of anilines is 2. The Morgan fingerprint density at radius 1 is 1.36 bits per heavy atom. The number of aromatic nitrogens is 3. The van der Waals surface area contributed by atoms with Gasteiger partial charge >= 0.3 is 0 Å². The highest BCUT2D eigenvalue weighted by molar-refractivity contribution is 5.72. The van der Waals surface area contributed by atoms with Crippen molar-refractivity contribution in [1.29, 1.82) is 5.26 Å². The molecule has 0 bridgehead atoms. The van der Waals surface area contributed by atoms with Gasteiger partial charge in [-0.1, -0.05) is 26.0 Å². The molecule has 0 amide bonds. The fraction of sp³-hybridized carbons (Fsp3) is 0.400. The van der Waals surface area contributed by atoms with E-state index < -0.39 is 0 Å². The lowest BCUT2D eigenvalue weighted by atomic mass is 9.64. The van der Waals surface area contributed by atoms with Crippen molar-refractivity contribution < 1.29 is 11.0 Å². The van der Waals surface area contributed by atoms with Crippen molar-refractivity contribution in [1.82, 2.24) is 15.0 Å². The maximum absolute atomic E-state index is 9.92. The Balaban J connectivity index is 0.00000240. The van der Waals surface area contributed by atoms with E-state index in [0.717, 1.165) is 11.1 Å². The molecule has 0 unspecified atom stereocenters. The zero-order chi connectivity index (χ0) is 19.7. The summed E-state index contributed by atoms with van der Waals surface area (Å²) in [5, 5.41) is 25.7. The van der Waals surface area contributed by atoms with Crippen molar-refractivity contribution >= 4 is 22.9 Å². The highest BCUT2D eigenvalue weighted by atomic mass is 16.3. The van der Waals surface area contributed by atoms with E-state index in [0.29, 0.717) is 42.6 Å². The lowest BCUT2D eigenvalue weighted by Crippen LogP contribution is -2.57. The number of fused-ring (bicyclic) bond motifs is 1. The largest absolute Gasteiger partial charge is 0.441 e. The van der Waals surface area contributed by atoms with Gasteiger partial charge in [-0.3, -0.25) is 0 Å². The van der Waals surface area contributed by atoms with Crippen LogP contribution in [0, 0.1) is 16.7 Å². The van der Waals surface area contributed by atoms with Crippen molar-refractivity contribution in [2.24, 2.45) is 5.41 Å². The lowest BCUT2D eigenvalue weighted by Gasteiger charge is -2.49. The molecule has 0 radical (unpaired) electrons. The van der Waals surface area contributed by atoms with Crippen molar-refractivity contribution in [3.8, 4) is 6.07 Å². The number of para-hydroxylation sites is 2. The molecular weight excluding hydrogens is 356 g/mol. The fourth-order valence-electron chi connectivity index (χ4n) is 3.28. The van der Waals surface area contributed by atoms with Crippen LogP contribution >= 0.6 is 0 Å². The first-order valence-corrected chi connectivity index (χ1v) is 9.27. The summed E-state index contributed by atoms with van der Waals surface area (Å²) in [6, 6.07) is 9.80. The second-order valence-corrected chi connectivity index (χ2v) is 7.59. The second kappa shape index (κ2) is 7.09. The summed E-state index contributed by atoms with van der Waals surface area (Å²) in [7, 11) is 0. The van der Waals surface area contributed by atoms with E-state index in [1.165, 1.54) is 6.20 Å². The van der Waals surface area contributed by atoms with Crippen LogP contribution in [0.25, 0.3) is 11.1 Å². The zero-order valence-electron chi connectivity index (χ0n) is 15.8. The van der Waals surface area contributed by atoms with Gasteiger partial charge in [0.1, 0.15) is 23.0 Å². The van der Waals surface area contributed by atoms with Crippen molar-refractivity contribution in [3.05, 3.63) is 41.9 Å². The molecule has 4 rings (SSSR count). The van der Waals surface area contributed by atoms with Crippen LogP contribution in [0.3, 0.4) is 0 Å². The molecule has 1 aromatic carbocycles. The van der Waals surface area contributed by atoms with Crippen molar-refractivity contribution in [2.75, 3.05) is 17.2 Å². The molecule has 2 atom stereocenters. The summed E-state index contributed by atoms with van der Waals surface area (Å²) in [5.41, 5.74) is 1.72. The molecular formula is C20H24N6O2. The van der Waals surface area contributed by atoms with Crippen LogP contribution in [0.1, 0.15) is 33.1 Å². The lowest BCUT2D eigenvalue weighted by molar-refractivity contribution is -0.0511. The first-order chi connectivity index (χ1) is 13.5. The molecule has 1 fully saturated rings. The maximum atomic E-state index is 9.92. The van der Waals surface area contributed by atoms with E-state index in [1.807, 2.05) is 38.1 Å². The topological polar surface area (TPSA) is 120 Å². The summed E-state index contributed by atoms with van der Waals surface area (Å²) >= 11 is 0. The van der Waals surface area contributed by atoms with Crippen LogP contribution in [0.15, 0.2) is 34.9 Å². The van der Waals surface area contributed by atoms with Crippen molar-refractivity contribution in [3.63, 3.8) is 0 Å². The minimum Gasteiger partial charge on any atom is -0.441 e. The van der Waals surface area contributed by atoms with Crippen LogP contribution in [0.4, 0.5) is 11.8 Å². The number of nitrogens with zero attached hydrogens (tertiary/aromatic N) is 4. The Morgan fingerprint density at radius 2 is 2.18 bits per heavy atom. The molecule has 1 saturated carbocycles. The summed E-state index contributed by atoms with van der Waals surface area (Å²) in [6.07, 6.45) is 2.36. The minimum absolute atomic E-state index is 0. The minimum atomic E-state index is -0.355. The van der Waals surface area contributed by atoms with Crippen LogP contribution in [0.2, 0.25) is 0 Å². The van der Waals surface area contributed by atoms with Crippen LogP contribution < -0.4 is 10.6 Å². The average Bonchev–Trinajstić information content (AvgIpc) is 3.11. The molecule has 2 aromatic heterocycles. The molecule has 8 heteroatoms. The van der Waals surface area contributed by atoms with Gasteiger partial charge in [-0.25, -0.2) is 9.97 Å². The molecule has 8 nitrogen and oxygen atoms in total. The Labute approximate surface area is 164 Å². The first-order valence-electron chi connectivity index (χ1n) is 9.27. The number of rotatable bonds is 6. The summed E-state index contributed by atoms with van der Waals surface area (Å²) in [4.78, 5) is 13.1. The predicted molar refractivity (Wildman–Crippen MR) is 107 cm³/mol. The van der Waals surface area contributed by atoms with Gasteiger partial charge in [0.05, 0.1) is 12.3 Å². The van der Waals surface area contributed by atoms with Gasteiger partial charge in [0.15, 0.2) is 11.5 Å². The van der Waals surface area contributed by atoms with Gasteiger partial charge in [0.2, 0.25) is 5.95 Å². The van der Waals surface area contributed by atoms with Crippen LogP contribution in [-0.2, 0) is 6.42 Å². The zero-order valence-corrected chi connectivity index (χ0v) is 15.8. The van der Waals surface area contributed by atoms with Gasteiger partial charge in [-0.2, -0.15) is 10.2 Å². The number of hydrogen-bond donors (Lipinski definition) is 3. The maximum Gasteiger partial charge on any atom is 0.224 e. The Hall–Kier alpha value is -3.18. The van der Waals surface area contributed by atoms with Gasteiger partial charge in [0.25, 0.3) is 0 Å². The van der Waals surface area contributed by atoms with E-state index in [9.17, 15) is 10.4 Å². The molecule has 2 heterocycles. The highest BCUT2D eigenvalue weighted by Gasteiger charge is 2.47. The number of nitrogens with one attached hydrogen (secondary N) is 2. The highest BCUT2D eigenvalue weighted by Crippen LogP contribution is 2.42. The Morgan fingerprint density at radius 3 is 2.89 bits per heavy atom. The Kier molecular flexibility index (Phi) is 4.61. The van der Waals surface area contributed by atoms with E-state index in [-0.39, 0.29) is 19.0 Å². The third kappa shape index (κ3) is 3.37. The molecule has 1 aliphatic rings. The van der Waals surface area contributed by atoms with Gasteiger partial charge in [-0.05, 0) is 18.6 Å². The van der Waals surface area contributed by atoms with E-state index in [4.69, 9.17) is 4.42 Å². The van der Waals surface area contributed by atoms with Crippen LogP contribution in [0.5, 0.6) is 0 Å². The summed E-state index contributed by atoms with van der Waals surface area (Å²) in [5.74, 6) is 1.55. The van der Waals surface area contributed by atoms with Gasteiger partial charge in [-0.15, -0.1) is 0 Å². The normalized spacial score (nSPS) is 20.4. The first kappa shape index (κ1) is 18.2. The smallest absolute Gasteiger partial charge is 0.224 e. The van der Waals surface area contributed by atoms with Gasteiger partial charge < -0.3 is 20.2 Å². The Bertz CT molecular complexity index is 1010. The molecule has 146 valence electrons. The quantitative estimate of drug-likeness (QED) is 0.597. The molecule has 0 spiro atoms. The number of benzene rings is 1. The van der Waals surface area contributed by atoms with Gasteiger partial charge in [0, 0.05) is 25.8 Å². The van der Waals surface area contributed by atoms with E-state index in [1.54, 1.807) is 0 Å². The molecule has 1 aliphatic carbocycles. The number of hydrogen-bond acceptors (Lipinski definition) is 8. The molecule has 3 aromatic rings. The van der Waals surface area contributed by atoms with Crippen molar-refractivity contribution in [2.45, 2.75) is 38.8 Å². The molecule has 0 aliphatic heterocycles. The van der Waals surface area contributed by atoms with Crippen LogP contribution in [-0.4, -0.2) is 38.7 Å². The molecule has 0 saturated heterocycles. The third-order valence-electron chi connectivity index (χ3n) is 5.40. The number of aliphatic hydroxyl groups excluding tert-OH is 1. The predicted octanol–water partition coefficient (Wildman–Crippen LogP) is 2.96. The summed E-state index contributed by atoms with van der Waals surface area (Å²) in [6.45, 7) is 4.53. The standard InChI is InChI=1S/C20H22N6O2.H2/c1-20(2)15(9-16(20)27)25-18-12(10-21)11-23-19(26-18)22-8-7-17-24-13-5-3-4-6-14(13)28-17;/h3-6,11,15-16,27H,7-9H2,1-2H3,(H2,22,23,25,26);1H/t15-,16+;/m1./s1. The van der Waals surface area contributed by atoms with E-state index in [2.05, 4.69) is 31.7 Å². The molecule has 3 N–H and O–H groups in total. The average molecular weight is 380 g/mol. The number of aliphatic hydroxyl groups is 1. The monoisotopic (exact) mass is 380 g/mol. The van der Waals surface area contributed by atoms with E-state index >= 15 is 0 Å². The third-order valence-corrected chi connectivity index (χ3v) is 5.40. The second-order valence-electron chi connectivity index (χ2n) is 7.59. The number of oxazole rings is 1. The number of nitriles is 1. The molecule has 28 heavy (non-hydrogen) atoms. The SMILES string of the molecule is CC1(C)[C@@H](O)C[C@H]1Nc1nc(NCCc2nc3ccccc3o2)ncc1C#N.[HH]. The fourth-order valence-corrected chi connectivity index (χ4v) is 3.28.